The number of unbranched alkanes of at least 4 members (excludes halogenated alkanes) is 1. The summed E-state index contributed by atoms with van der Waals surface area (Å²) >= 11 is 8.74. The van der Waals surface area contributed by atoms with E-state index in [9.17, 15) is 0 Å². The van der Waals surface area contributed by atoms with Gasteiger partial charge in [0.25, 0.3) is 0 Å². The molecule has 0 radical (unpaired) electrons. The van der Waals surface area contributed by atoms with Crippen molar-refractivity contribution in [2.75, 3.05) is 0 Å². The molecule has 4 heteroatoms. The van der Waals surface area contributed by atoms with E-state index in [1.807, 2.05) is 0 Å². The van der Waals surface area contributed by atoms with Crippen molar-refractivity contribution in [3.63, 3.8) is 0 Å². The summed E-state index contributed by atoms with van der Waals surface area (Å²) in [5.74, 6) is 0. The quantitative estimate of drug-likeness (QED) is 0.571. The van der Waals surface area contributed by atoms with Crippen LogP contribution >= 0.6 is 38.1 Å². The Morgan fingerprint density at radius 2 is 1.12 bits per heavy atom. The van der Waals surface area contributed by atoms with Gasteiger partial charge in [-0.15, -0.1) is 0 Å². The SMILES string of the molecule is CCCC.[Br][SnH]([Br])[Br]. The average Bonchev–Trinajstić information content (AvgIpc) is 1.65. The molecule has 0 nitrogen and oxygen atoms in total. The normalized spacial score (nSPS) is 8.25. The molecule has 0 rings (SSSR count). The van der Waals surface area contributed by atoms with Crippen molar-refractivity contribution >= 4 is 51.2 Å². The summed E-state index contributed by atoms with van der Waals surface area (Å²) in [5.41, 5.74) is 0. The third-order valence-electron chi connectivity index (χ3n) is 0.500. The molecular weight excluding hydrogens is 406 g/mol. The molecule has 8 heavy (non-hydrogen) atoms. The Labute approximate surface area is 76.8 Å². The Balaban J connectivity index is 0. The molecule has 0 aliphatic rings. The summed E-state index contributed by atoms with van der Waals surface area (Å²) in [4.78, 5) is 0. The minimum absolute atomic E-state index is 1.20. The van der Waals surface area contributed by atoms with E-state index in [4.69, 9.17) is 0 Å². The van der Waals surface area contributed by atoms with Crippen molar-refractivity contribution in [2.24, 2.45) is 0 Å². The summed E-state index contributed by atoms with van der Waals surface area (Å²) in [6.45, 7) is 4.36. The number of halogens is 3. The van der Waals surface area contributed by atoms with Gasteiger partial charge in [-0.3, -0.25) is 0 Å². The number of hydrogen-bond donors (Lipinski definition) is 0. The second kappa shape index (κ2) is 12.0. The first kappa shape index (κ1) is 12.9. The van der Waals surface area contributed by atoms with Gasteiger partial charge in [0.2, 0.25) is 0 Å². The fraction of sp³-hybridized carbons (Fsp3) is 1.00. The van der Waals surface area contributed by atoms with E-state index in [-0.39, 0.29) is 0 Å². The predicted octanol–water partition coefficient (Wildman–Crippen LogP) is 3.69. The molecule has 0 aromatic carbocycles. The van der Waals surface area contributed by atoms with E-state index >= 15 is 0 Å². The van der Waals surface area contributed by atoms with E-state index < -0.39 is 13.1 Å². The second-order valence-corrected chi connectivity index (χ2v) is 45.8. The van der Waals surface area contributed by atoms with Gasteiger partial charge in [-0.25, -0.2) is 0 Å². The summed E-state index contributed by atoms with van der Waals surface area (Å²) in [6, 6.07) is 0. The van der Waals surface area contributed by atoms with Crippen LogP contribution in [0.25, 0.3) is 0 Å². The predicted molar refractivity (Wildman–Crippen MR) is 54.5 cm³/mol. The van der Waals surface area contributed by atoms with Gasteiger partial charge in [0.15, 0.2) is 0 Å². The van der Waals surface area contributed by atoms with Gasteiger partial charge in [-0.2, -0.15) is 0 Å². The van der Waals surface area contributed by atoms with Gasteiger partial charge in [0, 0.05) is 0 Å². The summed E-state index contributed by atoms with van der Waals surface area (Å²) in [7, 11) is 0. The van der Waals surface area contributed by atoms with Crippen LogP contribution in [-0.2, 0) is 0 Å². The fourth-order valence-electron chi connectivity index (χ4n) is 0. The van der Waals surface area contributed by atoms with E-state index in [2.05, 4.69) is 52.0 Å². The van der Waals surface area contributed by atoms with Crippen LogP contribution in [0.15, 0.2) is 0 Å². The van der Waals surface area contributed by atoms with Crippen LogP contribution in [0.1, 0.15) is 26.7 Å². The monoisotopic (exact) mass is 416 g/mol. The molecule has 0 aliphatic heterocycles. The molecule has 0 unspecified atom stereocenters. The van der Waals surface area contributed by atoms with Crippen LogP contribution in [0.4, 0.5) is 0 Å². The zero-order chi connectivity index (χ0) is 6.99. The molecule has 0 saturated carbocycles. The molecular formula is C4H11Br3Sn. The maximum atomic E-state index is 3.31. The van der Waals surface area contributed by atoms with Crippen LogP contribution in [0.3, 0.4) is 0 Å². The Morgan fingerprint density at radius 1 is 1.00 bits per heavy atom. The van der Waals surface area contributed by atoms with Crippen molar-refractivity contribution in [3.05, 3.63) is 0 Å². The third kappa shape index (κ3) is 41.2. The van der Waals surface area contributed by atoms with E-state index in [1.54, 1.807) is 0 Å². The molecule has 0 fully saturated rings. The summed E-state index contributed by atoms with van der Waals surface area (Å²) < 4.78 is 0. The molecule has 0 aliphatic carbocycles. The Hall–Kier alpha value is 2.24. The van der Waals surface area contributed by atoms with Crippen LogP contribution in [-0.4, -0.2) is 13.1 Å². The molecule has 0 aromatic rings. The molecule has 0 amide bonds. The van der Waals surface area contributed by atoms with Gasteiger partial charge in [-0.05, 0) is 0 Å². The first-order chi connectivity index (χ1) is 3.65. The van der Waals surface area contributed by atoms with Crippen LogP contribution in [0.2, 0.25) is 0 Å². The summed E-state index contributed by atoms with van der Waals surface area (Å²) in [5, 5.41) is 0. The Bertz CT molecular complexity index is 27.7. The molecule has 0 saturated heterocycles. The van der Waals surface area contributed by atoms with E-state index in [0.29, 0.717) is 0 Å². The van der Waals surface area contributed by atoms with Gasteiger partial charge in [-0.1, -0.05) is 26.7 Å². The van der Waals surface area contributed by atoms with Crippen LogP contribution < -0.4 is 0 Å². The fourth-order valence-corrected chi connectivity index (χ4v) is 0. The molecule has 0 N–H and O–H groups in total. The van der Waals surface area contributed by atoms with Crippen molar-refractivity contribution in [1.82, 2.24) is 0 Å². The third-order valence-corrected chi connectivity index (χ3v) is 0.500. The van der Waals surface area contributed by atoms with E-state index in [0.717, 1.165) is 0 Å². The summed E-state index contributed by atoms with van der Waals surface area (Å²) in [6.07, 6.45) is 2.64. The molecule has 0 heterocycles. The van der Waals surface area contributed by atoms with Gasteiger partial charge < -0.3 is 0 Å². The zero-order valence-electron chi connectivity index (χ0n) is 5.13. The topological polar surface area (TPSA) is 0 Å². The first-order valence-electron chi connectivity index (χ1n) is 2.57. The van der Waals surface area contributed by atoms with Crippen LogP contribution in [0.5, 0.6) is 0 Å². The van der Waals surface area contributed by atoms with Crippen molar-refractivity contribution in [2.45, 2.75) is 26.7 Å². The molecule has 0 bridgehead atoms. The number of rotatable bonds is 1. The molecule has 0 atom stereocenters. The maximum absolute atomic E-state index is 3.31. The average molecular weight is 418 g/mol. The zero-order valence-corrected chi connectivity index (χ0v) is 13.2. The first-order valence-corrected chi connectivity index (χ1v) is 24.7. The minimum atomic E-state index is -1.20. The standard InChI is InChI=1S/C4H10.3BrH.Sn.H/c1-3-4-2;;;;;/h3-4H2,1-2H3;3*1H;;/q;;;;+3;/p-3. The van der Waals surface area contributed by atoms with Crippen molar-refractivity contribution < 1.29 is 0 Å². The molecule has 0 spiro atoms. The Morgan fingerprint density at radius 3 is 1.12 bits per heavy atom. The van der Waals surface area contributed by atoms with Gasteiger partial charge in [0.1, 0.15) is 0 Å². The molecule has 0 aromatic heterocycles. The van der Waals surface area contributed by atoms with Gasteiger partial charge in [0.05, 0.1) is 0 Å². The molecule has 52 valence electrons. The van der Waals surface area contributed by atoms with Gasteiger partial charge >= 0.3 is 51.2 Å². The number of hydrogen-bond acceptors (Lipinski definition) is 0. The van der Waals surface area contributed by atoms with E-state index in [1.165, 1.54) is 12.8 Å². The Kier molecular flexibility index (Phi) is 19.3. The van der Waals surface area contributed by atoms with Crippen molar-refractivity contribution in [1.29, 1.82) is 0 Å². The van der Waals surface area contributed by atoms with Crippen LogP contribution in [0, 0.1) is 0 Å². The second-order valence-electron chi connectivity index (χ2n) is 1.25. The van der Waals surface area contributed by atoms with Crippen molar-refractivity contribution in [3.8, 4) is 0 Å².